The quantitative estimate of drug-likeness (QED) is 0.763. The molecule has 1 atom stereocenters. The molecule has 1 rings (SSSR count). The van der Waals surface area contributed by atoms with Gasteiger partial charge in [0.1, 0.15) is 15.7 Å². The summed E-state index contributed by atoms with van der Waals surface area (Å²) in [6.45, 7) is 5.34. The van der Waals surface area contributed by atoms with Crippen molar-refractivity contribution in [3.63, 3.8) is 0 Å². The Labute approximate surface area is 121 Å². The number of rotatable bonds is 9. The van der Waals surface area contributed by atoms with E-state index in [4.69, 9.17) is 0 Å². The van der Waals surface area contributed by atoms with Crippen LogP contribution >= 0.6 is 0 Å². The highest BCUT2D eigenvalue weighted by Crippen LogP contribution is 2.21. The summed E-state index contributed by atoms with van der Waals surface area (Å²) in [6, 6.07) is 6.43. The maximum Gasteiger partial charge on any atom is 0.150 e. The lowest BCUT2D eigenvalue weighted by Gasteiger charge is -2.18. The van der Waals surface area contributed by atoms with Crippen LogP contribution in [-0.2, 0) is 9.84 Å². The van der Waals surface area contributed by atoms with Crippen molar-refractivity contribution in [2.45, 2.75) is 32.6 Å². The van der Waals surface area contributed by atoms with Crippen LogP contribution in [0.1, 0.15) is 38.2 Å². The van der Waals surface area contributed by atoms with Gasteiger partial charge in [-0.25, -0.2) is 12.8 Å². The summed E-state index contributed by atoms with van der Waals surface area (Å²) >= 11 is 0. The molecule has 0 saturated carbocycles. The van der Waals surface area contributed by atoms with Gasteiger partial charge in [-0.3, -0.25) is 0 Å². The molecule has 5 heteroatoms. The molecule has 0 aliphatic carbocycles. The van der Waals surface area contributed by atoms with Crippen molar-refractivity contribution >= 4 is 9.84 Å². The average Bonchev–Trinajstić information content (AvgIpc) is 2.38. The number of hydrogen-bond acceptors (Lipinski definition) is 3. The fourth-order valence-corrected chi connectivity index (χ4v) is 3.67. The Balaban J connectivity index is 2.75. The lowest BCUT2D eigenvalue weighted by atomic mass is 9.96. The van der Waals surface area contributed by atoms with Gasteiger partial charge in [-0.2, -0.15) is 0 Å². The first-order chi connectivity index (χ1) is 9.48. The molecule has 0 heterocycles. The van der Waals surface area contributed by atoms with E-state index < -0.39 is 9.84 Å². The molecule has 1 N–H and O–H groups in total. The monoisotopic (exact) mass is 301 g/mol. The molecule has 1 aromatic rings. The van der Waals surface area contributed by atoms with Crippen LogP contribution in [0.2, 0.25) is 0 Å². The van der Waals surface area contributed by atoms with E-state index in [1.54, 1.807) is 6.07 Å². The third-order valence-electron chi connectivity index (χ3n) is 3.25. The summed E-state index contributed by atoms with van der Waals surface area (Å²) in [5, 5.41) is 3.22. The smallest absolute Gasteiger partial charge is 0.150 e. The van der Waals surface area contributed by atoms with E-state index >= 15 is 0 Å². The predicted octanol–water partition coefficient (Wildman–Crippen LogP) is 2.73. The summed E-state index contributed by atoms with van der Waals surface area (Å²) in [5.74, 6) is 0.134. The molecule has 0 amide bonds. The molecule has 0 bridgehead atoms. The zero-order valence-corrected chi connectivity index (χ0v) is 13.0. The van der Waals surface area contributed by atoms with Gasteiger partial charge in [-0.05, 0) is 43.0 Å². The van der Waals surface area contributed by atoms with Crippen molar-refractivity contribution in [3.8, 4) is 0 Å². The predicted molar refractivity (Wildman–Crippen MR) is 81.2 cm³/mol. The number of halogens is 1. The van der Waals surface area contributed by atoms with E-state index in [1.165, 1.54) is 12.1 Å². The van der Waals surface area contributed by atoms with Gasteiger partial charge in [-0.15, -0.1) is 0 Å². The molecule has 1 unspecified atom stereocenters. The molecular formula is C15H24FNO2S. The highest BCUT2D eigenvalue weighted by atomic mass is 32.2. The Kier molecular flexibility index (Phi) is 7.16. The van der Waals surface area contributed by atoms with Crippen LogP contribution in [0, 0.1) is 5.82 Å². The minimum absolute atomic E-state index is 0.0253. The first-order valence-corrected chi connectivity index (χ1v) is 8.97. The fourth-order valence-electron chi connectivity index (χ4n) is 2.20. The highest BCUT2D eigenvalue weighted by molar-refractivity contribution is 7.91. The SMILES string of the molecule is CCCS(=O)(=O)CCC(CNCC)c1cccc(F)c1. The van der Waals surface area contributed by atoms with Crippen molar-refractivity contribution in [1.82, 2.24) is 5.32 Å². The number of benzene rings is 1. The Bertz CT molecular complexity index is 502. The third-order valence-corrected chi connectivity index (χ3v) is 5.14. The molecule has 1 aromatic carbocycles. The molecule has 0 radical (unpaired) electrons. The number of nitrogens with one attached hydrogen (secondary N) is 1. The van der Waals surface area contributed by atoms with Gasteiger partial charge in [0.15, 0.2) is 0 Å². The molecule has 0 saturated heterocycles. The molecule has 0 aliphatic rings. The van der Waals surface area contributed by atoms with Crippen LogP contribution in [-0.4, -0.2) is 33.0 Å². The molecule has 0 aliphatic heterocycles. The van der Waals surface area contributed by atoms with E-state index in [0.29, 0.717) is 19.4 Å². The maximum absolute atomic E-state index is 13.3. The molecule has 0 spiro atoms. The molecule has 0 fully saturated rings. The van der Waals surface area contributed by atoms with Crippen molar-refractivity contribution in [2.75, 3.05) is 24.6 Å². The van der Waals surface area contributed by atoms with E-state index in [9.17, 15) is 12.8 Å². The summed E-state index contributed by atoms with van der Waals surface area (Å²) in [5.41, 5.74) is 0.859. The second-order valence-corrected chi connectivity index (χ2v) is 7.30. The van der Waals surface area contributed by atoms with E-state index in [-0.39, 0.29) is 23.2 Å². The van der Waals surface area contributed by atoms with Gasteiger partial charge in [0.2, 0.25) is 0 Å². The Morgan fingerprint density at radius 2 is 2.00 bits per heavy atom. The number of hydrogen-bond donors (Lipinski definition) is 1. The van der Waals surface area contributed by atoms with Crippen molar-refractivity contribution in [2.24, 2.45) is 0 Å². The van der Waals surface area contributed by atoms with Gasteiger partial charge >= 0.3 is 0 Å². The third kappa shape index (κ3) is 6.01. The van der Waals surface area contributed by atoms with Gasteiger partial charge < -0.3 is 5.32 Å². The second kappa shape index (κ2) is 8.37. The highest BCUT2D eigenvalue weighted by Gasteiger charge is 2.17. The van der Waals surface area contributed by atoms with E-state index in [0.717, 1.165) is 12.1 Å². The minimum Gasteiger partial charge on any atom is -0.316 e. The van der Waals surface area contributed by atoms with Crippen LogP contribution < -0.4 is 5.32 Å². The number of sulfone groups is 1. The topological polar surface area (TPSA) is 46.2 Å². The second-order valence-electron chi connectivity index (χ2n) is 5.00. The molecule has 3 nitrogen and oxygen atoms in total. The summed E-state index contributed by atoms with van der Waals surface area (Å²) < 4.78 is 36.9. The first kappa shape index (κ1) is 17.1. The number of likely N-dealkylation sites (N-methyl/N-ethyl adjacent to an activating group) is 1. The van der Waals surface area contributed by atoms with Crippen molar-refractivity contribution in [1.29, 1.82) is 0 Å². The first-order valence-electron chi connectivity index (χ1n) is 7.15. The normalized spacial score (nSPS) is 13.3. The van der Waals surface area contributed by atoms with Crippen LogP contribution in [0.3, 0.4) is 0 Å². The standard InChI is InChI=1S/C15H24FNO2S/c1-3-9-20(18,19)10-8-14(12-17-4-2)13-6-5-7-15(16)11-13/h5-7,11,14,17H,3-4,8-10,12H2,1-2H3. The minimum atomic E-state index is -2.99. The average molecular weight is 301 g/mol. The summed E-state index contributed by atoms with van der Waals surface area (Å²) in [7, 11) is -2.99. The molecule has 20 heavy (non-hydrogen) atoms. The summed E-state index contributed by atoms with van der Waals surface area (Å²) in [4.78, 5) is 0. The van der Waals surface area contributed by atoms with Gasteiger partial charge in [-0.1, -0.05) is 26.0 Å². The Morgan fingerprint density at radius 3 is 2.60 bits per heavy atom. The van der Waals surface area contributed by atoms with Gasteiger partial charge in [0.25, 0.3) is 0 Å². The van der Waals surface area contributed by atoms with E-state index in [2.05, 4.69) is 5.32 Å². The van der Waals surface area contributed by atoms with Crippen molar-refractivity contribution < 1.29 is 12.8 Å². The fraction of sp³-hybridized carbons (Fsp3) is 0.600. The van der Waals surface area contributed by atoms with Crippen LogP contribution in [0.25, 0.3) is 0 Å². The Hall–Kier alpha value is -0.940. The van der Waals surface area contributed by atoms with Crippen LogP contribution in [0.5, 0.6) is 0 Å². The lowest BCUT2D eigenvalue weighted by Crippen LogP contribution is -2.23. The summed E-state index contributed by atoms with van der Waals surface area (Å²) in [6.07, 6.45) is 1.17. The Morgan fingerprint density at radius 1 is 1.25 bits per heavy atom. The molecular weight excluding hydrogens is 277 g/mol. The van der Waals surface area contributed by atoms with Gasteiger partial charge in [0, 0.05) is 12.3 Å². The zero-order chi connectivity index (χ0) is 15.0. The van der Waals surface area contributed by atoms with Crippen molar-refractivity contribution in [3.05, 3.63) is 35.6 Å². The van der Waals surface area contributed by atoms with Crippen LogP contribution in [0.4, 0.5) is 4.39 Å². The maximum atomic E-state index is 13.3. The zero-order valence-electron chi connectivity index (χ0n) is 12.2. The molecule has 0 aromatic heterocycles. The molecule has 114 valence electrons. The largest absolute Gasteiger partial charge is 0.316 e. The van der Waals surface area contributed by atoms with Crippen LogP contribution in [0.15, 0.2) is 24.3 Å². The van der Waals surface area contributed by atoms with E-state index in [1.807, 2.05) is 19.9 Å². The van der Waals surface area contributed by atoms with Gasteiger partial charge in [0.05, 0.1) is 5.75 Å². The lowest BCUT2D eigenvalue weighted by molar-refractivity contribution is 0.558.